The maximum absolute atomic E-state index is 12.3. The van der Waals surface area contributed by atoms with Crippen molar-refractivity contribution in [2.24, 2.45) is 5.10 Å². The van der Waals surface area contributed by atoms with Gasteiger partial charge in [0.15, 0.2) is 11.5 Å². The van der Waals surface area contributed by atoms with Gasteiger partial charge in [0, 0.05) is 0 Å². The zero-order valence-electron chi connectivity index (χ0n) is 16.5. The number of nitrogens with zero attached hydrogens (tertiary/aromatic N) is 1. The van der Waals surface area contributed by atoms with Crippen LogP contribution in [0.5, 0.6) is 17.2 Å². The molecule has 2 aromatic rings. The summed E-state index contributed by atoms with van der Waals surface area (Å²) in [6.07, 6.45) is 1.42. The molecule has 8 heteroatoms. The molecule has 7 nitrogen and oxygen atoms in total. The Hall–Kier alpha value is -2.74. The van der Waals surface area contributed by atoms with E-state index in [0.717, 1.165) is 0 Å². The number of ether oxygens (including phenoxy) is 3. The highest BCUT2D eigenvalue weighted by Crippen LogP contribution is 2.29. The SMILES string of the molecule is CCOc1ccc(S(=O)(=O)N/N=C/c2ccc(OC(C)C)c(OCC)c2)cc1. The number of nitrogens with one attached hydrogen (secondary N) is 1. The third kappa shape index (κ3) is 6.16. The first-order valence-electron chi connectivity index (χ1n) is 9.07. The third-order valence-corrected chi connectivity index (χ3v) is 4.70. The maximum Gasteiger partial charge on any atom is 0.276 e. The van der Waals surface area contributed by atoms with Gasteiger partial charge in [-0.2, -0.15) is 13.5 Å². The van der Waals surface area contributed by atoms with E-state index in [1.54, 1.807) is 30.3 Å². The van der Waals surface area contributed by atoms with Crippen LogP contribution in [0.4, 0.5) is 0 Å². The maximum atomic E-state index is 12.3. The molecule has 0 spiro atoms. The molecule has 0 amide bonds. The van der Waals surface area contributed by atoms with Gasteiger partial charge in [-0.05, 0) is 75.7 Å². The molecular formula is C20H26N2O5S. The van der Waals surface area contributed by atoms with Gasteiger partial charge in [0.25, 0.3) is 10.0 Å². The van der Waals surface area contributed by atoms with Crippen molar-refractivity contribution in [2.75, 3.05) is 13.2 Å². The van der Waals surface area contributed by atoms with E-state index in [9.17, 15) is 8.42 Å². The number of hydrogen-bond donors (Lipinski definition) is 1. The number of hydrogen-bond acceptors (Lipinski definition) is 6. The van der Waals surface area contributed by atoms with E-state index >= 15 is 0 Å². The van der Waals surface area contributed by atoms with Crippen molar-refractivity contribution < 1.29 is 22.6 Å². The van der Waals surface area contributed by atoms with Crippen LogP contribution in [0.2, 0.25) is 0 Å². The highest BCUT2D eigenvalue weighted by Gasteiger charge is 2.13. The smallest absolute Gasteiger partial charge is 0.276 e. The van der Waals surface area contributed by atoms with Crippen LogP contribution in [0.15, 0.2) is 52.5 Å². The van der Waals surface area contributed by atoms with Crippen LogP contribution >= 0.6 is 0 Å². The van der Waals surface area contributed by atoms with E-state index in [-0.39, 0.29) is 11.0 Å². The van der Waals surface area contributed by atoms with Gasteiger partial charge in [-0.1, -0.05) is 0 Å². The summed E-state index contributed by atoms with van der Waals surface area (Å²) >= 11 is 0. The molecule has 0 aliphatic carbocycles. The molecule has 2 rings (SSSR count). The minimum Gasteiger partial charge on any atom is -0.494 e. The van der Waals surface area contributed by atoms with Gasteiger partial charge < -0.3 is 14.2 Å². The highest BCUT2D eigenvalue weighted by molar-refractivity contribution is 7.89. The van der Waals surface area contributed by atoms with Crippen LogP contribution in [0.1, 0.15) is 33.3 Å². The molecule has 0 radical (unpaired) electrons. The van der Waals surface area contributed by atoms with Gasteiger partial charge in [0.1, 0.15) is 5.75 Å². The quantitative estimate of drug-likeness (QED) is 0.481. The van der Waals surface area contributed by atoms with Gasteiger partial charge in [-0.25, -0.2) is 4.83 Å². The van der Waals surface area contributed by atoms with Gasteiger partial charge >= 0.3 is 0 Å². The van der Waals surface area contributed by atoms with Gasteiger partial charge in [0.2, 0.25) is 0 Å². The summed E-state index contributed by atoms with van der Waals surface area (Å²) in [7, 11) is -3.77. The van der Waals surface area contributed by atoms with Crippen LogP contribution in [0.3, 0.4) is 0 Å². The molecule has 0 saturated carbocycles. The van der Waals surface area contributed by atoms with E-state index < -0.39 is 10.0 Å². The Balaban J connectivity index is 2.11. The minimum absolute atomic E-state index is 0.0136. The van der Waals surface area contributed by atoms with Crippen molar-refractivity contribution in [3.8, 4) is 17.2 Å². The average Bonchev–Trinajstić information content (AvgIpc) is 2.64. The molecule has 0 bridgehead atoms. The fourth-order valence-corrected chi connectivity index (χ4v) is 3.12. The molecule has 1 N–H and O–H groups in total. The lowest BCUT2D eigenvalue weighted by Crippen LogP contribution is -2.18. The van der Waals surface area contributed by atoms with Crippen molar-refractivity contribution in [2.45, 2.75) is 38.7 Å². The molecule has 0 heterocycles. The second-order valence-corrected chi connectivity index (χ2v) is 7.72. The minimum atomic E-state index is -3.77. The summed E-state index contributed by atoms with van der Waals surface area (Å²) < 4.78 is 41.3. The largest absolute Gasteiger partial charge is 0.494 e. The molecule has 0 saturated heterocycles. The van der Waals surface area contributed by atoms with Crippen LogP contribution < -0.4 is 19.0 Å². The van der Waals surface area contributed by atoms with Crippen molar-refractivity contribution in [3.63, 3.8) is 0 Å². The summed E-state index contributed by atoms with van der Waals surface area (Å²) in [5.41, 5.74) is 0.675. The van der Waals surface area contributed by atoms with Gasteiger partial charge in [-0.15, -0.1) is 0 Å². The molecule has 0 aromatic heterocycles. The summed E-state index contributed by atoms with van der Waals surface area (Å²) in [6.45, 7) is 8.60. The summed E-state index contributed by atoms with van der Waals surface area (Å²) in [5.74, 6) is 1.82. The first-order chi connectivity index (χ1) is 13.4. The fraction of sp³-hybridized carbons (Fsp3) is 0.350. The Morgan fingerprint density at radius 1 is 1.00 bits per heavy atom. The fourth-order valence-electron chi connectivity index (χ4n) is 2.33. The Bertz CT molecular complexity index is 893. The number of hydrazone groups is 1. The predicted octanol–water partition coefficient (Wildman–Crippen LogP) is 3.58. The molecule has 0 aliphatic rings. The molecule has 0 fully saturated rings. The first-order valence-corrected chi connectivity index (χ1v) is 10.5. The van der Waals surface area contributed by atoms with Crippen LogP contribution in [-0.2, 0) is 10.0 Å². The number of rotatable bonds is 10. The molecule has 0 unspecified atom stereocenters. The number of sulfonamides is 1. The molecule has 0 atom stereocenters. The van der Waals surface area contributed by atoms with E-state index in [1.165, 1.54) is 18.3 Å². The zero-order valence-corrected chi connectivity index (χ0v) is 17.3. The second kappa shape index (κ2) is 9.98. The normalized spacial score (nSPS) is 11.6. The molecule has 152 valence electrons. The van der Waals surface area contributed by atoms with E-state index in [4.69, 9.17) is 14.2 Å². The first kappa shape index (κ1) is 21.6. The molecule has 2 aromatic carbocycles. The van der Waals surface area contributed by atoms with Gasteiger partial charge in [0.05, 0.1) is 30.4 Å². The Kier molecular flexibility index (Phi) is 7.69. The Labute approximate surface area is 166 Å². The van der Waals surface area contributed by atoms with Gasteiger partial charge in [-0.3, -0.25) is 0 Å². The summed E-state index contributed by atoms with van der Waals surface area (Å²) in [6, 6.07) is 11.4. The summed E-state index contributed by atoms with van der Waals surface area (Å²) in [5, 5.41) is 3.85. The van der Waals surface area contributed by atoms with E-state index in [0.29, 0.717) is 36.0 Å². The van der Waals surface area contributed by atoms with Crippen molar-refractivity contribution in [3.05, 3.63) is 48.0 Å². The van der Waals surface area contributed by atoms with Crippen LogP contribution in [0.25, 0.3) is 0 Å². The second-order valence-electron chi connectivity index (χ2n) is 6.06. The van der Waals surface area contributed by atoms with Crippen LogP contribution in [0, 0.1) is 0 Å². The van der Waals surface area contributed by atoms with E-state index in [2.05, 4.69) is 9.93 Å². The highest BCUT2D eigenvalue weighted by atomic mass is 32.2. The Morgan fingerprint density at radius 2 is 1.68 bits per heavy atom. The van der Waals surface area contributed by atoms with Crippen molar-refractivity contribution in [1.82, 2.24) is 4.83 Å². The standard InChI is InChI=1S/C20H26N2O5S/c1-5-25-17-8-10-18(11-9-17)28(23,24)22-21-14-16-7-12-19(27-15(3)4)20(13-16)26-6-2/h7-15,22H,5-6H2,1-4H3/b21-14+. The lowest BCUT2D eigenvalue weighted by Gasteiger charge is -2.14. The molecular weight excluding hydrogens is 380 g/mol. The average molecular weight is 407 g/mol. The zero-order chi connectivity index (χ0) is 20.6. The molecule has 28 heavy (non-hydrogen) atoms. The monoisotopic (exact) mass is 406 g/mol. The van der Waals surface area contributed by atoms with Crippen LogP contribution in [-0.4, -0.2) is 34.0 Å². The topological polar surface area (TPSA) is 86.2 Å². The Morgan fingerprint density at radius 3 is 2.29 bits per heavy atom. The summed E-state index contributed by atoms with van der Waals surface area (Å²) in [4.78, 5) is 2.30. The van der Waals surface area contributed by atoms with E-state index in [1.807, 2.05) is 27.7 Å². The van der Waals surface area contributed by atoms with Crippen molar-refractivity contribution in [1.29, 1.82) is 0 Å². The van der Waals surface area contributed by atoms with Crippen molar-refractivity contribution >= 4 is 16.2 Å². The lowest BCUT2D eigenvalue weighted by atomic mass is 10.2. The lowest BCUT2D eigenvalue weighted by molar-refractivity contribution is 0.224. The molecule has 0 aliphatic heterocycles. The number of benzene rings is 2. The predicted molar refractivity (Wildman–Crippen MR) is 109 cm³/mol. The third-order valence-electron chi connectivity index (χ3n) is 3.46.